The zero-order valence-corrected chi connectivity index (χ0v) is 13.9. The highest BCUT2D eigenvalue weighted by atomic mass is 32.2. The lowest BCUT2D eigenvalue weighted by molar-refractivity contribution is -0.0517. The van der Waals surface area contributed by atoms with Crippen LogP contribution in [0.2, 0.25) is 0 Å². The van der Waals surface area contributed by atoms with Crippen LogP contribution in [-0.2, 0) is 10.0 Å². The average molecular weight is 348 g/mol. The molecule has 1 N–H and O–H groups in total. The van der Waals surface area contributed by atoms with Crippen molar-refractivity contribution < 1.29 is 21.9 Å². The van der Waals surface area contributed by atoms with Crippen LogP contribution in [0, 0.1) is 5.92 Å². The van der Waals surface area contributed by atoms with E-state index in [1.165, 1.54) is 37.1 Å². The van der Waals surface area contributed by atoms with E-state index in [1.54, 1.807) is 0 Å². The van der Waals surface area contributed by atoms with Crippen molar-refractivity contribution in [2.75, 3.05) is 26.2 Å². The molecule has 1 aromatic carbocycles. The molecule has 0 unspecified atom stereocenters. The second-order valence-electron chi connectivity index (χ2n) is 5.79. The lowest BCUT2D eigenvalue weighted by Gasteiger charge is -2.20. The third-order valence-electron chi connectivity index (χ3n) is 3.75. The molecule has 0 amide bonds. The Labute approximate surface area is 135 Å². The topological polar surface area (TPSA) is 58.6 Å². The van der Waals surface area contributed by atoms with Crippen molar-refractivity contribution in [2.24, 2.45) is 5.92 Å². The maximum absolute atomic E-state index is 12.4. The third kappa shape index (κ3) is 5.40. The first kappa shape index (κ1) is 18.1. The van der Waals surface area contributed by atoms with Crippen LogP contribution in [0.3, 0.4) is 0 Å². The van der Waals surface area contributed by atoms with Crippen LogP contribution in [0.5, 0.6) is 5.75 Å². The maximum Gasteiger partial charge on any atom is 0.387 e. The first-order valence-corrected chi connectivity index (χ1v) is 9.12. The molecular weight excluding hydrogens is 326 g/mol. The normalized spacial score (nSPS) is 17.6. The van der Waals surface area contributed by atoms with Gasteiger partial charge in [0.15, 0.2) is 0 Å². The van der Waals surface area contributed by atoms with Crippen LogP contribution in [-0.4, -0.2) is 46.1 Å². The minimum Gasteiger partial charge on any atom is -0.433 e. The molecule has 1 atom stereocenters. The summed E-state index contributed by atoms with van der Waals surface area (Å²) in [5.41, 5.74) is 0. The number of sulfonamides is 1. The van der Waals surface area contributed by atoms with Gasteiger partial charge in [0, 0.05) is 13.1 Å². The van der Waals surface area contributed by atoms with Gasteiger partial charge in [0.25, 0.3) is 0 Å². The third-order valence-corrected chi connectivity index (χ3v) is 5.21. The smallest absolute Gasteiger partial charge is 0.387 e. The largest absolute Gasteiger partial charge is 0.433 e. The highest BCUT2D eigenvalue weighted by Crippen LogP contribution is 2.24. The molecule has 1 fully saturated rings. The molecule has 0 saturated carbocycles. The Morgan fingerprint density at radius 1 is 1.26 bits per heavy atom. The summed E-state index contributed by atoms with van der Waals surface area (Å²) in [6.45, 7) is 2.05. The van der Waals surface area contributed by atoms with Gasteiger partial charge in [-0.2, -0.15) is 8.78 Å². The SMILES string of the molecule is C[C@@H](CNS(=O)(=O)c1ccccc1OC(F)F)CN1CCCC1. The number of nitrogens with zero attached hydrogens (tertiary/aromatic N) is 1. The summed E-state index contributed by atoms with van der Waals surface area (Å²) in [4.78, 5) is 2.03. The van der Waals surface area contributed by atoms with Crippen molar-refractivity contribution >= 4 is 10.0 Å². The predicted octanol–water partition coefficient (Wildman–Crippen LogP) is 2.30. The standard InChI is InChI=1S/C15H22F2N2O3S/c1-12(11-19-8-4-5-9-19)10-18-23(20,21)14-7-3-2-6-13(14)22-15(16)17/h2-3,6-7,12,15,18H,4-5,8-11H2,1H3/t12-/m0/s1. The number of alkyl halides is 2. The average Bonchev–Trinajstić information content (AvgIpc) is 2.98. The van der Waals surface area contributed by atoms with Gasteiger partial charge in [0.2, 0.25) is 10.0 Å². The van der Waals surface area contributed by atoms with E-state index in [0.29, 0.717) is 0 Å². The fourth-order valence-corrected chi connectivity index (χ4v) is 3.96. The molecule has 1 saturated heterocycles. The molecule has 2 rings (SSSR count). The molecule has 8 heteroatoms. The van der Waals surface area contributed by atoms with Gasteiger partial charge in [-0.05, 0) is 44.0 Å². The molecule has 0 radical (unpaired) electrons. The number of hydrogen-bond donors (Lipinski definition) is 1. The summed E-state index contributed by atoms with van der Waals surface area (Å²) in [7, 11) is -3.89. The second kappa shape index (κ2) is 8.03. The number of halogens is 2. The molecule has 1 aliphatic rings. The maximum atomic E-state index is 12.4. The number of para-hydroxylation sites is 1. The van der Waals surface area contributed by atoms with Gasteiger partial charge < -0.3 is 9.64 Å². The van der Waals surface area contributed by atoms with Crippen molar-refractivity contribution in [3.05, 3.63) is 24.3 Å². The van der Waals surface area contributed by atoms with Crippen LogP contribution in [0.1, 0.15) is 19.8 Å². The predicted molar refractivity (Wildman–Crippen MR) is 83.1 cm³/mol. The van der Waals surface area contributed by atoms with E-state index in [4.69, 9.17) is 0 Å². The Bertz CT molecular complexity index is 604. The number of rotatable bonds is 8. The summed E-state index contributed by atoms with van der Waals surface area (Å²) < 4.78 is 56.2. The van der Waals surface area contributed by atoms with Gasteiger partial charge in [-0.3, -0.25) is 0 Å². The van der Waals surface area contributed by atoms with E-state index in [1.807, 2.05) is 6.92 Å². The van der Waals surface area contributed by atoms with Crippen molar-refractivity contribution in [2.45, 2.75) is 31.3 Å². The van der Waals surface area contributed by atoms with E-state index in [-0.39, 0.29) is 23.1 Å². The molecule has 1 aromatic rings. The van der Waals surface area contributed by atoms with Gasteiger partial charge in [-0.25, -0.2) is 13.1 Å². The number of nitrogens with one attached hydrogen (secondary N) is 1. The first-order chi connectivity index (χ1) is 10.9. The number of likely N-dealkylation sites (tertiary alicyclic amines) is 1. The number of hydrogen-bond acceptors (Lipinski definition) is 4. The minimum atomic E-state index is -3.89. The van der Waals surface area contributed by atoms with Gasteiger partial charge in [0.1, 0.15) is 10.6 Å². The van der Waals surface area contributed by atoms with E-state index >= 15 is 0 Å². The zero-order chi connectivity index (χ0) is 16.9. The fourth-order valence-electron chi connectivity index (χ4n) is 2.67. The molecule has 1 aliphatic heterocycles. The van der Waals surface area contributed by atoms with Gasteiger partial charge >= 0.3 is 6.61 Å². The summed E-state index contributed by atoms with van der Waals surface area (Å²) in [6, 6.07) is 5.40. The molecular formula is C15H22F2N2O3S. The van der Waals surface area contributed by atoms with Crippen molar-refractivity contribution in [1.29, 1.82) is 0 Å². The summed E-state index contributed by atoms with van der Waals surface area (Å²) in [5.74, 6) is -0.215. The van der Waals surface area contributed by atoms with Crippen molar-refractivity contribution in [3.63, 3.8) is 0 Å². The number of ether oxygens (including phenoxy) is 1. The first-order valence-electron chi connectivity index (χ1n) is 7.64. The highest BCUT2D eigenvalue weighted by molar-refractivity contribution is 7.89. The molecule has 5 nitrogen and oxygen atoms in total. The molecule has 130 valence electrons. The van der Waals surface area contributed by atoms with Crippen molar-refractivity contribution in [3.8, 4) is 5.75 Å². The minimum absolute atomic E-state index is 0.131. The Hall–Kier alpha value is -1.25. The second-order valence-corrected chi connectivity index (χ2v) is 7.53. The van der Waals surface area contributed by atoms with Gasteiger partial charge in [-0.15, -0.1) is 0 Å². The summed E-state index contributed by atoms with van der Waals surface area (Å²) in [6.07, 6.45) is 2.35. The van der Waals surface area contributed by atoms with Crippen LogP contribution in [0.15, 0.2) is 29.2 Å². The lowest BCUT2D eigenvalue weighted by Crippen LogP contribution is -2.34. The molecule has 0 aliphatic carbocycles. The molecule has 0 spiro atoms. The Balaban J connectivity index is 1.98. The van der Waals surface area contributed by atoms with Gasteiger partial charge in [0.05, 0.1) is 0 Å². The van der Waals surface area contributed by atoms with E-state index in [0.717, 1.165) is 19.6 Å². The van der Waals surface area contributed by atoms with E-state index in [2.05, 4.69) is 14.4 Å². The van der Waals surface area contributed by atoms with Gasteiger partial charge in [-0.1, -0.05) is 19.1 Å². The molecule has 23 heavy (non-hydrogen) atoms. The van der Waals surface area contributed by atoms with E-state index < -0.39 is 16.6 Å². The van der Waals surface area contributed by atoms with Crippen LogP contribution in [0.4, 0.5) is 8.78 Å². The molecule has 0 bridgehead atoms. The fraction of sp³-hybridized carbons (Fsp3) is 0.600. The highest BCUT2D eigenvalue weighted by Gasteiger charge is 2.22. The Kier molecular flexibility index (Phi) is 6.32. The molecule has 1 heterocycles. The van der Waals surface area contributed by atoms with Crippen LogP contribution in [0.25, 0.3) is 0 Å². The Morgan fingerprint density at radius 2 is 1.91 bits per heavy atom. The van der Waals surface area contributed by atoms with Crippen LogP contribution >= 0.6 is 0 Å². The summed E-state index contributed by atoms with van der Waals surface area (Å²) in [5, 5.41) is 0. The lowest BCUT2D eigenvalue weighted by atomic mass is 10.2. The quantitative estimate of drug-likeness (QED) is 0.783. The summed E-state index contributed by atoms with van der Waals surface area (Å²) >= 11 is 0. The van der Waals surface area contributed by atoms with E-state index in [9.17, 15) is 17.2 Å². The van der Waals surface area contributed by atoms with Crippen molar-refractivity contribution in [1.82, 2.24) is 9.62 Å². The number of benzene rings is 1. The Morgan fingerprint density at radius 3 is 2.57 bits per heavy atom. The molecule has 0 aromatic heterocycles. The van der Waals surface area contributed by atoms with Crippen LogP contribution < -0.4 is 9.46 Å². The zero-order valence-electron chi connectivity index (χ0n) is 13.0. The monoisotopic (exact) mass is 348 g/mol.